The van der Waals surface area contributed by atoms with Gasteiger partial charge in [0.15, 0.2) is 0 Å². The minimum atomic E-state index is -1.10. The summed E-state index contributed by atoms with van der Waals surface area (Å²) in [7, 11) is 0. The minimum absolute atomic E-state index is 0. The van der Waals surface area contributed by atoms with Crippen molar-refractivity contribution < 1.29 is 19.8 Å². The van der Waals surface area contributed by atoms with Crippen molar-refractivity contribution in [3.05, 3.63) is 49.2 Å². The summed E-state index contributed by atoms with van der Waals surface area (Å²) in [5.74, 6) is -2.00. The van der Waals surface area contributed by atoms with Crippen LogP contribution in [0.1, 0.15) is 191 Å². The Balaban J connectivity index is -0.000000292. The molecule has 4 radical (unpaired) electrons. The maximum atomic E-state index is 10.5. The van der Waals surface area contributed by atoms with Crippen molar-refractivity contribution in [2.24, 2.45) is 0 Å². The molecule has 0 saturated heterocycles. The zero-order valence-electron chi connectivity index (χ0n) is 28.8. The molecule has 0 heterocycles. The van der Waals surface area contributed by atoms with Crippen LogP contribution in [0.2, 0.25) is 0 Å². The van der Waals surface area contributed by atoms with E-state index >= 15 is 0 Å². The number of rotatable bonds is 23. The average Bonchev–Trinajstić information content (AvgIpc) is 3.00. The molecule has 248 valence electrons. The van der Waals surface area contributed by atoms with Gasteiger partial charge in [-0.05, 0) is 42.9 Å². The Kier molecular flexibility index (Phi) is 49.0. The van der Waals surface area contributed by atoms with Gasteiger partial charge in [0.1, 0.15) is 0 Å². The molecule has 0 amide bonds. The van der Waals surface area contributed by atoms with E-state index < -0.39 is 11.9 Å². The van der Waals surface area contributed by atoms with Crippen LogP contribution in [0, 0.1) is 13.8 Å². The van der Waals surface area contributed by atoms with E-state index in [-0.39, 0.29) is 35.9 Å². The largest absolute Gasteiger partial charge is 2.00 e. The number of aromatic carboxylic acids is 1. The molecule has 0 aliphatic rings. The van der Waals surface area contributed by atoms with Crippen LogP contribution in [0.5, 0.6) is 0 Å². The van der Waals surface area contributed by atoms with Crippen LogP contribution in [-0.2, 0) is 11.2 Å². The number of carboxylic acids is 2. The Bertz CT molecular complexity index is 670. The van der Waals surface area contributed by atoms with Gasteiger partial charge in [0.25, 0.3) is 0 Å². The third-order valence-corrected chi connectivity index (χ3v) is 6.92. The van der Waals surface area contributed by atoms with E-state index in [1.807, 2.05) is 6.07 Å². The van der Waals surface area contributed by atoms with Crippen LogP contribution in [0.25, 0.3) is 0 Å². The van der Waals surface area contributed by atoms with Gasteiger partial charge in [-0.25, -0.2) is 0 Å². The molecular formula is C38H68O4Sn. The van der Waals surface area contributed by atoms with E-state index in [0.717, 1.165) is 50.5 Å². The molecule has 43 heavy (non-hydrogen) atoms. The van der Waals surface area contributed by atoms with Crippen LogP contribution in [0.3, 0.4) is 0 Å². The number of aliphatic carboxylic acids is 1. The van der Waals surface area contributed by atoms with Gasteiger partial charge in [-0.1, -0.05) is 188 Å². The summed E-state index contributed by atoms with van der Waals surface area (Å²) in [6, 6.07) is 6.95. The first-order chi connectivity index (χ1) is 20.3. The Labute approximate surface area is 285 Å². The van der Waals surface area contributed by atoms with Crippen molar-refractivity contribution in [1.29, 1.82) is 0 Å². The number of hydrogen-bond acceptors (Lipinski definition) is 4. The number of carbonyl (C=O) groups is 2. The Morgan fingerprint density at radius 1 is 0.581 bits per heavy atom. The van der Waals surface area contributed by atoms with Crippen LogP contribution >= 0.6 is 0 Å². The van der Waals surface area contributed by atoms with Gasteiger partial charge < -0.3 is 19.8 Å². The van der Waals surface area contributed by atoms with Gasteiger partial charge in [-0.3, -0.25) is 0 Å². The maximum absolute atomic E-state index is 10.5. The summed E-state index contributed by atoms with van der Waals surface area (Å²) < 4.78 is 0. The van der Waals surface area contributed by atoms with Gasteiger partial charge >= 0.3 is 23.9 Å². The Hall–Kier alpha value is -1.04. The van der Waals surface area contributed by atoms with Crippen molar-refractivity contribution in [3.8, 4) is 0 Å². The summed E-state index contributed by atoms with van der Waals surface area (Å²) in [6.07, 6.45) is 29.0. The van der Waals surface area contributed by atoms with Gasteiger partial charge in [-0.2, -0.15) is 0 Å². The molecule has 0 spiro atoms. The van der Waals surface area contributed by atoms with Crippen LogP contribution in [0.15, 0.2) is 24.3 Å². The second-order valence-corrected chi connectivity index (χ2v) is 11.2. The number of carbonyl (C=O) groups excluding carboxylic acids is 2. The fraction of sp³-hybridized carbons (Fsp3) is 0.737. The Morgan fingerprint density at radius 2 is 0.953 bits per heavy atom. The molecule has 1 aromatic carbocycles. The first-order valence-corrected chi connectivity index (χ1v) is 17.4. The van der Waals surface area contributed by atoms with E-state index in [9.17, 15) is 19.8 Å². The van der Waals surface area contributed by atoms with Crippen LogP contribution in [-0.4, -0.2) is 35.8 Å². The number of benzene rings is 1. The first-order valence-electron chi connectivity index (χ1n) is 17.4. The van der Waals surface area contributed by atoms with E-state index in [2.05, 4.69) is 41.5 Å². The quantitative estimate of drug-likeness (QED) is 0.0839. The smallest absolute Gasteiger partial charge is 0.550 e. The number of aryl methyl sites for hydroxylation is 1. The van der Waals surface area contributed by atoms with Crippen molar-refractivity contribution in [3.63, 3.8) is 0 Å². The molecular weight excluding hydrogens is 639 g/mol. The summed E-state index contributed by atoms with van der Waals surface area (Å²) in [6.45, 7) is 15.8. The fourth-order valence-corrected chi connectivity index (χ4v) is 4.05. The van der Waals surface area contributed by atoms with Gasteiger partial charge in [0.2, 0.25) is 0 Å². The molecule has 0 atom stereocenters. The number of carboxylic acid groups (broad SMARTS) is 2. The normalized spacial score (nSPS) is 9.72. The summed E-state index contributed by atoms with van der Waals surface area (Å²) in [5, 5.41) is 20.8. The second kappa shape index (κ2) is 43.1. The summed E-state index contributed by atoms with van der Waals surface area (Å²) >= 11 is 0. The van der Waals surface area contributed by atoms with Gasteiger partial charge in [-0.15, -0.1) is 0 Å². The molecule has 0 N–H and O–H groups in total. The second-order valence-electron chi connectivity index (χ2n) is 11.2. The third kappa shape index (κ3) is 45.5. The number of hydrogen-bond donors (Lipinski definition) is 0. The maximum Gasteiger partial charge on any atom is 2.00 e. The molecule has 0 saturated carbocycles. The predicted molar refractivity (Wildman–Crippen MR) is 185 cm³/mol. The molecule has 1 rings (SSSR count). The molecule has 0 bridgehead atoms. The molecule has 4 nitrogen and oxygen atoms in total. The average molecular weight is 708 g/mol. The standard InChI is InChI=1S/C19H38O2.C11H14O2.2C4H9.Sn/c1-2-3-4-5-6-7-8-9-10-11-12-13-14-15-16-17-18-19(20)21;1-2-3-5-9-6-4-7-10(8-9)11(12)13;2*1-3-4-2;/h2-18H2,1H3,(H,20,21);4,6-8H,2-3,5H2,1H3,(H,12,13);2*1,3-4H2,2H3;/q;;;;+2/p-2. The van der Waals surface area contributed by atoms with E-state index in [1.54, 1.807) is 18.2 Å². The van der Waals surface area contributed by atoms with Crippen molar-refractivity contribution in [1.82, 2.24) is 0 Å². The van der Waals surface area contributed by atoms with Crippen LogP contribution in [0.4, 0.5) is 0 Å². The predicted octanol–water partition coefficient (Wildman–Crippen LogP) is 9.64. The van der Waals surface area contributed by atoms with E-state index in [4.69, 9.17) is 0 Å². The molecule has 0 fully saturated rings. The number of unbranched alkanes of at least 4 members (excludes halogenated alkanes) is 18. The fourth-order valence-electron chi connectivity index (χ4n) is 4.05. The van der Waals surface area contributed by atoms with Gasteiger partial charge in [0.05, 0.1) is 5.97 Å². The topological polar surface area (TPSA) is 80.3 Å². The van der Waals surface area contributed by atoms with E-state index in [1.165, 1.54) is 103 Å². The molecule has 1 aromatic rings. The first kappa shape index (κ1) is 48.9. The van der Waals surface area contributed by atoms with Gasteiger partial charge in [0, 0.05) is 5.97 Å². The zero-order chi connectivity index (χ0) is 32.1. The molecule has 5 heteroatoms. The van der Waals surface area contributed by atoms with Crippen LogP contribution < -0.4 is 10.2 Å². The van der Waals surface area contributed by atoms with Crippen molar-refractivity contribution in [2.75, 3.05) is 0 Å². The minimum Gasteiger partial charge on any atom is -0.550 e. The SMILES string of the molecule is CCCCCCCCCCCCCCCCCCC(=O)[O-].CCCCc1cccc(C(=O)[O-])c1.[CH2]CCC.[CH2]CCC.[Sn+2]. The monoisotopic (exact) mass is 708 g/mol. The molecule has 0 aromatic heterocycles. The van der Waals surface area contributed by atoms with E-state index in [0.29, 0.717) is 0 Å². The zero-order valence-corrected chi connectivity index (χ0v) is 31.7. The van der Waals surface area contributed by atoms with Crippen molar-refractivity contribution in [2.45, 2.75) is 182 Å². The van der Waals surface area contributed by atoms with Crippen molar-refractivity contribution >= 4 is 35.8 Å². The third-order valence-electron chi connectivity index (χ3n) is 6.92. The summed E-state index contributed by atoms with van der Waals surface area (Å²) in [4.78, 5) is 20.8. The molecule has 0 aliphatic heterocycles. The summed E-state index contributed by atoms with van der Waals surface area (Å²) in [5.41, 5.74) is 1.34. The molecule has 0 unspecified atom stereocenters. The Morgan fingerprint density at radius 3 is 1.28 bits per heavy atom. The molecule has 0 aliphatic carbocycles.